The predicted molar refractivity (Wildman–Crippen MR) is 146 cm³/mol. The molecular weight excluding hydrogens is 479 g/mol. The molecule has 2 amide bonds. The van der Waals surface area contributed by atoms with Crippen LogP contribution < -0.4 is 5.32 Å². The number of benzene rings is 3. The number of aromatic nitrogens is 2. The summed E-state index contributed by atoms with van der Waals surface area (Å²) in [5.41, 5.74) is 3.35. The Labute approximate surface area is 222 Å². The molecule has 0 aliphatic heterocycles. The first-order valence-corrected chi connectivity index (χ1v) is 13.1. The highest BCUT2D eigenvalue weighted by atomic mass is 19.1. The van der Waals surface area contributed by atoms with E-state index >= 15 is 0 Å². The Balaban J connectivity index is 1.34. The first-order valence-electron chi connectivity index (χ1n) is 13.1. The largest absolute Gasteiger partial charge is 0.333 e. The van der Waals surface area contributed by atoms with Crippen molar-refractivity contribution in [1.29, 1.82) is 0 Å². The van der Waals surface area contributed by atoms with Crippen LogP contribution in [0.1, 0.15) is 37.7 Å². The van der Waals surface area contributed by atoms with E-state index in [1.807, 2.05) is 48.5 Å². The van der Waals surface area contributed by atoms with Crippen LogP contribution in [0.2, 0.25) is 0 Å². The molecule has 6 nitrogen and oxygen atoms in total. The summed E-state index contributed by atoms with van der Waals surface area (Å²) in [7, 11) is 0. The van der Waals surface area contributed by atoms with Gasteiger partial charge in [0.2, 0.25) is 11.8 Å². The van der Waals surface area contributed by atoms with Crippen LogP contribution in [0.15, 0.2) is 91.0 Å². The number of halogens is 1. The van der Waals surface area contributed by atoms with Crippen molar-refractivity contribution < 1.29 is 14.0 Å². The third-order valence-electron chi connectivity index (χ3n) is 6.88. The molecular formula is C31H31FN4O2. The number of rotatable bonds is 10. The SMILES string of the molecule is CCCCN(CC(=O)Nc1cc(-c2ccccc2)nn1-c1ccc(F)cc1)C(=O)[C@H]1C[C@@H]1c1ccccc1. The fourth-order valence-electron chi connectivity index (χ4n) is 4.74. The summed E-state index contributed by atoms with van der Waals surface area (Å²) in [6, 6.07) is 27.4. The molecule has 194 valence electrons. The molecule has 1 aliphatic carbocycles. The van der Waals surface area contributed by atoms with Crippen molar-refractivity contribution in [3.8, 4) is 16.9 Å². The van der Waals surface area contributed by atoms with Gasteiger partial charge in [-0.15, -0.1) is 0 Å². The molecule has 1 heterocycles. The molecule has 0 bridgehead atoms. The summed E-state index contributed by atoms with van der Waals surface area (Å²) in [5.74, 6) is -0.0416. The van der Waals surface area contributed by atoms with Crippen LogP contribution in [0, 0.1) is 11.7 Å². The summed E-state index contributed by atoms with van der Waals surface area (Å²) in [6.07, 6.45) is 2.56. The summed E-state index contributed by atoms with van der Waals surface area (Å²) < 4.78 is 15.2. The van der Waals surface area contributed by atoms with E-state index in [0.29, 0.717) is 23.7 Å². The van der Waals surface area contributed by atoms with Crippen LogP contribution in [0.3, 0.4) is 0 Å². The second kappa shape index (κ2) is 11.4. The van der Waals surface area contributed by atoms with Gasteiger partial charge in [0.15, 0.2) is 0 Å². The second-order valence-electron chi connectivity index (χ2n) is 9.69. The fourth-order valence-corrected chi connectivity index (χ4v) is 4.74. The lowest BCUT2D eigenvalue weighted by Crippen LogP contribution is -2.40. The number of hydrogen-bond acceptors (Lipinski definition) is 3. The van der Waals surface area contributed by atoms with Crippen LogP contribution in [-0.4, -0.2) is 39.6 Å². The maximum Gasteiger partial charge on any atom is 0.245 e. The number of carbonyl (C=O) groups is 2. The highest BCUT2D eigenvalue weighted by molar-refractivity contribution is 5.95. The molecule has 1 N–H and O–H groups in total. The van der Waals surface area contributed by atoms with E-state index in [2.05, 4.69) is 29.5 Å². The zero-order chi connectivity index (χ0) is 26.5. The molecule has 2 atom stereocenters. The Morgan fingerprint density at radius 1 is 1.00 bits per heavy atom. The molecule has 5 rings (SSSR count). The van der Waals surface area contributed by atoms with Crippen LogP contribution in [-0.2, 0) is 9.59 Å². The summed E-state index contributed by atoms with van der Waals surface area (Å²) in [5, 5.41) is 7.63. The summed E-state index contributed by atoms with van der Waals surface area (Å²) >= 11 is 0. The van der Waals surface area contributed by atoms with Crippen molar-refractivity contribution in [2.45, 2.75) is 32.1 Å². The first-order chi connectivity index (χ1) is 18.5. The van der Waals surface area contributed by atoms with Gasteiger partial charge in [0.1, 0.15) is 11.6 Å². The van der Waals surface area contributed by atoms with Gasteiger partial charge in [-0.05, 0) is 48.6 Å². The fraction of sp³-hybridized carbons (Fsp3) is 0.258. The van der Waals surface area contributed by atoms with E-state index in [4.69, 9.17) is 0 Å². The Kier molecular flexibility index (Phi) is 7.63. The number of hydrogen-bond donors (Lipinski definition) is 1. The van der Waals surface area contributed by atoms with Crippen LogP contribution in [0.4, 0.5) is 10.2 Å². The van der Waals surface area contributed by atoms with E-state index in [0.717, 1.165) is 24.8 Å². The van der Waals surface area contributed by atoms with Crippen molar-refractivity contribution in [3.63, 3.8) is 0 Å². The maximum atomic E-state index is 13.6. The third-order valence-corrected chi connectivity index (χ3v) is 6.88. The molecule has 0 saturated heterocycles. The Morgan fingerprint density at radius 3 is 2.37 bits per heavy atom. The van der Waals surface area contributed by atoms with Gasteiger partial charge >= 0.3 is 0 Å². The zero-order valence-corrected chi connectivity index (χ0v) is 21.4. The van der Waals surface area contributed by atoms with Gasteiger partial charge in [-0.3, -0.25) is 9.59 Å². The number of nitrogens with zero attached hydrogens (tertiary/aromatic N) is 3. The van der Waals surface area contributed by atoms with Gasteiger partial charge < -0.3 is 10.2 Å². The second-order valence-corrected chi connectivity index (χ2v) is 9.69. The minimum Gasteiger partial charge on any atom is -0.333 e. The lowest BCUT2D eigenvalue weighted by molar-refractivity contribution is -0.136. The van der Waals surface area contributed by atoms with Gasteiger partial charge in [-0.1, -0.05) is 74.0 Å². The van der Waals surface area contributed by atoms with Crippen molar-refractivity contribution in [1.82, 2.24) is 14.7 Å². The summed E-state index contributed by atoms with van der Waals surface area (Å²) in [4.78, 5) is 28.3. The predicted octanol–water partition coefficient (Wildman–Crippen LogP) is 6.05. The molecule has 1 aromatic heterocycles. The molecule has 38 heavy (non-hydrogen) atoms. The molecule has 0 radical (unpaired) electrons. The normalized spacial score (nSPS) is 16.2. The molecule has 1 fully saturated rings. The van der Waals surface area contributed by atoms with Crippen molar-refractivity contribution in [2.75, 3.05) is 18.4 Å². The number of anilines is 1. The molecule has 1 saturated carbocycles. The van der Waals surface area contributed by atoms with Gasteiger partial charge in [-0.2, -0.15) is 5.10 Å². The molecule has 3 aromatic carbocycles. The molecule has 0 unspecified atom stereocenters. The smallest absolute Gasteiger partial charge is 0.245 e. The molecule has 1 aliphatic rings. The number of unbranched alkanes of at least 4 members (excludes halogenated alkanes) is 1. The standard InChI is InChI=1S/C31H31FN4O2/c1-2-3-18-35(31(38)27-19-26(27)22-10-6-4-7-11-22)21-30(37)33-29-20-28(23-12-8-5-9-13-23)34-36(29)25-16-14-24(32)15-17-25/h4-17,20,26-27H,2-3,18-19,21H2,1H3,(H,33,37)/t26-,27+/m1/s1. The van der Waals surface area contributed by atoms with Gasteiger partial charge in [0, 0.05) is 24.1 Å². The average Bonchev–Trinajstić information content (AvgIpc) is 3.65. The van der Waals surface area contributed by atoms with Crippen LogP contribution in [0.5, 0.6) is 0 Å². The Bertz CT molecular complexity index is 1390. The number of amides is 2. The minimum atomic E-state index is -0.353. The van der Waals surface area contributed by atoms with Gasteiger partial charge in [0.25, 0.3) is 0 Å². The van der Waals surface area contributed by atoms with Crippen molar-refractivity contribution in [3.05, 3.63) is 102 Å². The van der Waals surface area contributed by atoms with Crippen LogP contribution in [0.25, 0.3) is 16.9 Å². The van der Waals surface area contributed by atoms with Crippen molar-refractivity contribution in [2.24, 2.45) is 5.92 Å². The quantitative estimate of drug-likeness (QED) is 0.282. The highest BCUT2D eigenvalue weighted by Crippen LogP contribution is 2.48. The molecule has 0 spiro atoms. The average molecular weight is 511 g/mol. The minimum absolute atomic E-state index is 0.0273. The van der Waals surface area contributed by atoms with Gasteiger partial charge in [-0.25, -0.2) is 9.07 Å². The summed E-state index contributed by atoms with van der Waals surface area (Å²) in [6.45, 7) is 2.57. The van der Waals surface area contributed by atoms with E-state index in [1.54, 1.807) is 27.8 Å². The van der Waals surface area contributed by atoms with E-state index in [1.165, 1.54) is 17.7 Å². The lowest BCUT2D eigenvalue weighted by Gasteiger charge is -2.22. The zero-order valence-electron chi connectivity index (χ0n) is 21.4. The molecule has 4 aromatic rings. The maximum absolute atomic E-state index is 13.6. The number of nitrogens with one attached hydrogen (secondary N) is 1. The lowest BCUT2D eigenvalue weighted by atomic mass is 10.1. The van der Waals surface area contributed by atoms with E-state index in [-0.39, 0.29) is 36.0 Å². The number of carbonyl (C=O) groups excluding carboxylic acids is 2. The van der Waals surface area contributed by atoms with E-state index in [9.17, 15) is 14.0 Å². The first kappa shape index (κ1) is 25.4. The van der Waals surface area contributed by atoms with E-state index < -0.39 is 0 Å². The Morgan fingerprint density at radius 2 is 1.68 bits per heavy atom. The Hall–Kier alpha value is -4.26. The monoisotopic (exact) mass is 510 g/mol. The van der Waals surface area contributed by atoms with Crippen LogP contribution >= 0.6 is 0 Å². The van der Waals surface area contributed by atoms with Gasteiger partial charge in [0.05, 0.1) is 17.9 Å². The third kappa shape index (κ3) is 5.83. The highest BCUT2D eigenvalue weighted by Gasteiger charge is 2.45. The topological polar surface area (TPSA) is 67.2 Å². The molecule has 7 heteroatoms. The van der Waals surface area contributed by atoms with Crippen molar-refractivity contribution >= 4 is 17.6 Å².